The summed E-state index contributed by atoms with van der Waals surface area (Å²) in [7, 11) is 0. The highest BCUT2D eigenvalue weighted by molar-refractivity contribution is 6.36. The van der Waals surface area contributed by atoms with Crippen LogP contribution in [0.5, 0.6) is 0 Å². The number of hydrogen-bond donors (Lipinski definition) is 3. The van der Waals surface area contributed by atoms with Gasteiger partial charge < -0.3 is 15.4 Å². The number of allylic oxidation sites excluding steroid dienone is 1. The van der Waals surface area contributed by atoms with Crippen LogP contribution in [-0.2, 0) is 10.9 Å². The normalized spacial score (nSPS) is 17.1. The molecule has 3 aromatic rings. The minimum absolute atomic E-state index is 0.0166. The minimum atomic E-state index is -4.58. The van der Waals surface area contributed by atoms with Crippen molar-refractivity contribution in [3.8, 4) is 11.3 Å². The monoisotopic (exact) mass is 557 g/mol. The smallest absolute Gasteiger partial charge is 0.380 e. The molecule has 3 N–H and O–H groups in total. The number of aromatic nitrogens is 4. The number of halogens is 4. The van der Waals surface area contributed by atoms with E-state index in [4.69, 9.17) is 4.74 Å². The zero-order chi connectivity index (χ0) is 28.6. The third-order valence-corrected chi connectivity index (χ3v) is 5.67. The number of anilines is 3. The maximum absolute atomic E-state index is 13.9. The molecule has 0 bridgehead atoms. The number of benzene rings is 1. The molecular formula is C26H27F4N9O. The Bertz CT molecular complexity index is 1400. The van der Waals surface area contributed by atoms with Crippen molar-refractivity contribution in [1.29, 1.82) is 0 Å². The molecule has 1 unspecified atom stereocenters. The number of rotatable bonds is 11. The molecule has 14 heteroatoms. The number of nitrogens with zero attached hydrogens (tertiary/aromatic N) is 6. The molecule has 10 nitrogen and oxygen atoms in total. The summed E-state index contributed by atoms with van der Waals surface area (Å²) in [6.45, 7) is 5.25. The summed E-state index contributed by atoms with van der Waals surface area (Å²) >= 11 is 0. The van der Waals surface area contributed by atoms with Crippen LogP contribution in [-0.4, -0.2) is 63.7 Å². The van der Waals surface area contributed by atoms with Crippen molar-refractivity contribution < 1.29 is 22.3 Å². The van der Waals surface area contributed by atoms with Crippen molar-refractivity contribution in [2.75, 3.05) is 42.4 Å². The molecule has 1 atom stereocenters. The van der Waals surface area contributed by atoms with Gasteiger partial charge in [-0.3, -0.25) is 4.99 Å². The van der Waals surface area contributed by atoms with Gasteiger partial charge in [0, 0.05) is 30.6 Å². The number of nitrogens with one attached hydrogen (secondary N) is 3. The highest BCUT2D eigenvalue weighted by Crippen LogP contribution is 2.38. The Morgan fingerprint density at radius 1 is 1.20 bits per heavy atom. The fourth-order valence-electron chi connectivity index (χ4n) is 3.74. The van der Waals surface area contributed by atoms with Crippen LogP contribution in [0.1, 0.15) is 19.4 Å². The molecule has 0 spiro atoms. The van der Waals surface area contributed by atoms with E-state index in [1.54, 1.807) is 18.2 Å². The highest BCUT2D eigenvalue weighted by Gasteiger charge is 2.35. The zero-order valence-corrected chi connectivity index (χ0v) is 21.7. The molecule has 4 rings (SSSR count). The topological polar surface area (TPSA) is 122 Å². The number of dihydropyridines is 1. The molecule has 1 aliphatic heterocycles. The largest absolute Gasteiger partial charge is 0.417 e. The molecule has 0 radical (unpaired) electrons. The first kappa shape index (κ1) is 28.5. The van der Waals surface area contributed by atoms with Gasteiger partial charge in [-0.15, -0.1) is 0 Å². The Labute approximate surface area is 227 Å². The van der Waals surface area contributed by atoms with Crippen molar-refractivity contribution in [3.63, 3.8) is 0 Å². The number of aliphatic imine (C=N–C) groups is 1. The molecule has 0 saturated carbocycles. The third kappa shape index (κ3) is 7.56. The lowest BCUT2D eigenvalue weighted by Crippen LogP contribution is -2.38. The van der Waals surface area contributed by atoms with Crippen molar-refractivity contribution in [2.24, 2.45) is 10.1 Å². The fourth-order valence-corrected chi connectivity index (χ4v) is 3.74. The summed E-state index contributed by atoms with van der Waals surface area (Å²) in [5, 5.41) is 10.00. The fraction of sp³-hybridized carbons (Fsp3) is 0.308. The Balaban J connectivity index is 1.38. The first-order chi connectivity index (χ1) is 19.2. The number of alkyl halides is 3. The molecule has 40 heavy (non-hydrogen) atoms. The van der Waals surface area contributed by atoms with Crippen LogP contribution in [0.15, 0.2) is 65.2 Å². The standard InChI is InChI=1S/C26H27F4N9O/c1-3-40-11-10-32-23-21(27)14-33-24(37-23)39-36-13-18-6-8-25(2,15-34-18)38-17-4-5-19(20(12-17)26(28,29)30)22-7-9-31-16-35-22/h4-9,12-14,16,38H,3,10-11,15H2,1-2H3,(H2,32,33,37,39)/b36-13+. The van der Waals surface area contributed by atoms with Gasteiger partial charge in [0.15, 0.2) is 11.6 Å². The van der Waals surface area contributed by atoms with E-state index in [9.17, 15) is 17.6 Å². The van der Waals surface area contributed by atoms with E-state index in [-0.39, 0.29) is 35.3 Å². The summed E-state index contributed by atoms with van der Waals surface area (Å²) in [4.78, 5) is 20.1. The molecule has 0 aliphatic carbocycles. The van der Waals surface area contributed by atoms with Gasteiger partial charge >= 0.3 is 6.18 Å². The lowest BCUT2D eigenvalue weighted by Gasteiger charge is -2.30. The van der Waals surface area contributed by atoms with E-state index >= 15 is 0 Å². The maximum atomic E-state index is 13.9. The Morgan fingerprint density at radius 2 is 2.05 bits per heavy atom. The van der Waals surface area contributed by atoms with Crippen LogP contribution in [0.25, 0.3) is 11.3 Å². The van der Waals surface area contributed by atoms with Gasteiger partial charge in [-0.2, -0.15) is 23.3 Å². The van der Waals surface area contributed by atoms with Crippen LogP contribution < -0.4 is 16.1 Å². The van der Waals surface area contributed by atoms with Crippen LogP contribution in [0, 0.1) is 5.82 Å². The van der Waals surface area contributed by atoms with Gasteiger partial charge in [-0.25, -0.2) is 24.8 Å². The maximum Gasteiger partial charge on any atom is 0.417 e. The average molecular weight is 558 g/mol. The number of hydrogen-bond acceptors (Lipinski definition) is 10. The van der Waals surface area contributed by atoms with Crippen molar-refractivity contribution >= 4 is 29.4 Å². The average Bonchev–Trinajstić information content (AvgIpc) is 2.94. The minimum Gasteiger partial charge on any atom is -0.380 e. The second-order valence-corrected chi connectivity index (χ2v) is 8.85. The van der Waals surface area contributed by atoms with Gasteiger partial charge in [0.05, 0.1) is 48.1 Å². The quantitative estimate of drug-likeness (QED) is 0.133. The van der Waals surface area contributed by atoms with Gasteiger partial charge in [-0.1, -0.05) is 12.1 Å². The number of ether oxygens (including phenoxy) is 1. The second kappa shape index (κ2) is 12.6. The van der Waals surface area contributed by atoms with E-state index in [0.717, 1.165) is 12.3 Å². The molecule has 3 heterocycles. The zero-order valence-electron chi connectivity index (χ0n) is 21.7. The van der Waals surface area contributed by atoms with E-state index < -0.39 is 23.1 Å². The second-order valence-electron chi connectivity index (χ2n) is 8.85. The third-order valence-electron chi connectivity index (χ3n) is 5.67. The SMILES string of the molecule is CCOCCNc1nc(N/N=C/C2=NCC(C)(Nc3ccc(-c4ccncn4)c(C(F)(F)F)c3)C=C2)ncc1F. The molecule has 2 aromatic heterocycles. The predicted octanol–water partition coefficient (Wildman–Crippen LogP) is 4.82. The Morgan fingerprint density at radius 3 is 2.75 bits per heavy atom. The van der Waals surface area contributed by atoms with Crippen LogP contribution in [0.4, 0.5) is 35.0 Å². The molecule has 1 aliphatic rings. The number of hydrazone groups is 1. The molecule has 0 saturated heterocycles. The summed E-state index contributed by atoms with van der Waals surface area (Å²) in [6, 6.07) is 5.44. The van der Waals surface area contributed by atoms with Crippen LogP contribution >= 0.6 is 0 Å². The van der Waals surface area contributed by atoms with Gasteiger partial charge in [0.25, 0.3) is 0 Å². The van der Waals surface area contributed by atoms with E-state index in [1.807, 2.05) is 13.8 Å². The van der Waals surface area contributed by atoms with E-state index in [1.165, 1.54) is 30.9 Å². The van der Waals surface area contributed by atoms with E-state index in [2.05, 4.69) is 46.1 Å². The molecule has 0 amide bonds. The molecule has 0 fully saturated rings. The van der Waals surface area contributed by atoms with Crippen molar-refractivity contribution in [1.82, 2.24) is 19.9 Å². The summed E-state index contributed by atoms with van der Waals surface area (Å²) in [5.41, 5.74) is 2.01. The van der Waals surface area contributed by atoms with Crippen LogP contribution in [0.3, 0.4) is 0 Å². The molecular weight excluding hydrogens is 530 g/mol. The summed E-state index contributed by atoms with van der Waals surface area (Å²) in [5.74, 6) is -0.513. The molecule has 1 aromatic carbocycles. The van der Waals surface area contributed by atoms with E-state index in [0.29, 0.717) is 25.5 Å². The van der Waals surface area contributed by atoms with Gasteiger partial charge in [-0.05, 0) is 38.1 Å². The van der Waals surface area contributed by atoms with Gasteiger partial charge in [0.2, 0.25) is 5.95 Å². The van der Waals surface area contributed by atoms with Crippen LogP contribution in [0.2, 0.25) is 0 Å². The Hall–Kier alpha value is -4.46. The lowest BCUT2D eigenvalue weighted by molar-refractivity contribution is -0.137. The lowest BCUT2D eigenvalue weighted by atomic mass is 9.97. The highest BCUT2D eigenvalue weighted by atomic mass is 19.4. The first-order valence-electron chi connectivity index (χ1n) is 12.3. The van der Waals surface area contributed by atoms with Crippen molar-refractivity contribution in [2.45, 2.75) is 25.6 Å². The summed E-state index contributed by atoms with van der Waals surface area (Å²) in [6.07, 6.45) is 3.96. The van der Waals surface area contributed by atoms with Gasteiger partial charge in [0.1, 0.15) is 6.33 Å². The molecule has 210 valence electrons. The predicted molar refractivity (Wildman–Crippen MR) is 145 cm³/mol. The Kier molecular flexibility index (Phi) is 8.99. The first-order valence-corrected chi connectivity index (χ1v) is 12.3. The van der Waals surface area contributed by atoms with Crippen molar-refractivity contribution in [3.05, 3.63) is 66.5 Å². The summed E-state index contributed by atoms with van der Waals surface area (Å²) < 4.78 is 60.6.